The minimum absolute atomic E-state index is 0.248. The lowest BCUT2D eigenvalue weighted by Crippen LogP contribution is -2.47. The van der Waals surface area contributed by atoms with E-state index in [9.17, 15) is 4.79 Å². The highest BCUT2D eigenvalue weighted by Gasteiger charge is 2.30. The molecule has 1 atom stereocenters. The second kappa shape index (κ2) is 8.52. The molecule has 18 heavy (non-hydrogen) atoms. The number of likely N-dealkylation sites (tertiary alicyclic amines) is 1. The van der Waals surface area contributed by atoms with Crippen LogP contribution in [0.4, 0.5) is 0 Å². The molecule has 1 heterocycles. The molecule has 1 rings (SSSR count). The van der Waals surface area contributed by atoms with Crippen molar-refractivity contribution in [3.05, 3.63) is 0 Å². The summed E-state index contributed by atoms with van der Waals surface area (Å²) < 4.78 is 0. The van der Waals surface area contributed by atoms with E-state index in [1.807, 2.05) is 0 Å². The number of carbonyl (C=O) groups excluding carboxylic acids is 1. The van der Waals surface area contributed by atoms with Gasteiger partial charge in [-0.3, -0.25) is 4.79 Å². The number of hydrogen-bond acceptors (Lipinski definition) is 2. The molecule has 1 fully saturated rings. The van der Waals surface area contributed by atoms with Crippen LogP contribution >= 0.6 is 0 Å². The maximum Gasteiger partial charge on any atom is 0.225 e. The lowest BCUT2D eigenvalue weighted by Gasteiger charge is -2.38. The molecule has 0 radical (unpaired) electrons. The third-order valence-corrected chi connectivity index (χ3v) is 4.03. The molecule has 0 spiro atoms. The quantitative estimate of drug-likeness (QED) is 0.759. The predicted octanol–water partition coefficient (Wildman–Crippen LogP) is 2.93. The van der Waals surface area contributed by atoms with Crippen LogP contribution < -0.4 is 5.73 Å². The van der Waals surface area contributed by atoms with Gasteiger partial charge in [0, 0.05) is 18.5 Å². The van der Waals surface area contributed by atoms with Gasteiger partial charge < -0.3 is 10.6 Å². The smallest absolute Gasteiger partial charge is 0.225 e. The van der Waals surface area contributed by atoms with E-state index in [0.29, 0.717) is 18.5 Å². The van der Waals surface area contributed by atoms with Gasteiger partial charge >= 0.3 is 0 Å². The summed E-state index contributed by atoms with van der Waals surface area (Å²) in [5, 5.41) is 0. The van der Waals surface area contributed by atoms with Gasteiger partial charge in [0.15, 0.2) is 0 Å². The molecule has 1 aliphatic rings. The molecule has 1 amide bonds. The van der Waals surface area contributed by atoms with Gasteiger partial charge in [0.25, 0.3) is 0 Å². The van der Waals surface area contributed by atoms with Crippen LogP contribution in [0.3, 0.4) is 0 Å². The Morgan fingerprint density at radius 1 is 1.28 bits per heavy atom. The first-order valence-corrected chi connectivity index (χ1v) is 7.75. The van der Waals surface area contributed by atoms with E-state index < -0.39 is 0 Å². The fraction of sp³-hybridized carbons (Fsp3) is 0.933. The van der Waals surface area contributed by atoms with Crippen LogP contribution in [-0.4, -0.2) is 29.9 Å². The largest absolute Gasteiger partial charge is 0.339 e. The number of nitrogens with two attached hydrogens (primary N) is 1. The summed E-state index contributed by atoms with van der Waals surface area (Å²) >= 11 is 0. The van der Waals surface area contributed by atoms with E-state index in [1.165, 1.54) is 6.42 Å². The van der Waals surface area contributed by atoms with Crippen molar-refractivity contribution in [2.45, 2.75) is 71.3 Å². The molecule has 1 unspecified atom stereocenters. The topological polar surface area (TPSA) is 46.3 Å². The number of piperidine rings is 1. The highest BCUT2D eigenvalue weighted by molar-refractivity contribution is 5.79. The molecule has 2 N–H and O–H groups in total. The first kappa shape index (κ1) is 15.5. The zero-order valence-electron chi connectivity index (χ0n) is 12.2. The molecule has 1 aliphatic heterocycles. The van der Waals surface area contributed by atoms with Gasteiger partial charge in [-0.15, -0.1) is 0 Å². The summed E-state index contributed by atoms with van der Waals surface area (Å²) in [6.07, 6.45) is 8.82. The third kappa shape index (κ3) is 4.27. The van der Waals surface area contributed by atoms with E-state index in [2.05, 4.69) is 18.7 Å². The molecule has 106 valence electrons. The van der Waals surface area contributed by atoms with Crippen molar-refractivity contribution < 1.29 is 4.79 Å². The Balaban J connectivity index is 2.64. The molecule has 3 nitrogen and oxygen atoms in total. The Kier molecular flexibility index (Phi) is 7.33. The van der Waals surface area contributed by atoms with Crippen LogP contribution in [0.5, 0.6) is 0 Å². The monoisotopic (exact) mass is 254 g/mol. The summed E-state index contributed by atoms with van der Waals surface area (Å²) in [6, 6.07) is 0.410. The maximum atomic E-state index is 12.6. The second-order valence-corrected chi connectivity index (χ2v) is 5.53. The van der Waals surface area contributed by atoms with Crippen molar-refractivity contribution in [3.8, 4) is 0 Å². The Hall–Kier alpha value is -0.570. The summed E-state index contributed by atoms with van der Waals surface area (Å²) in [4.78, 5) is 14.8. The van der Waals surface area contributed by atoms with E-state index in [1.54, 1.807) is 0 Å². The molecule has 0 aromatic heterocycles. The minimum Gasteiger partial charge on any atom is -0.339 e. The molecular formula is C15H30N2O. The van der Waals surface area contributed by atoms with Crippen LogP contribution in [-0.2, 0) is 4.79 Å². The van der Waals surface area contributed by atoms with E-state index in [0.717, 1.165) is 51.5 Å². The van der Waals surface area contributed by atoms with Crippen molar-refractivity contribution >= 4 is 5.91 Å². The van der Waals surface area contributed by atoms with Crippen LogP contribution in [0.2, 0.25) is 0 Å². The highest BCUT2D eigenvalue weighted by atomic mass is 16.2. The summed E-state index contributed by atoms with van der Waals surface area (Å²) in [7, 11) is 0. The zero-order valence-corrected chi connectivity index (χ0v) is 12.2. The number of hydrogen-bond donors (Lipinski definition) is 1. The van der Waals surface area contributed by atoms with Gasteiger partial charge in [-0.1, -0.05) is 26.7 Å². The summed E-state index contributed by atoms with van der Waals surface area (Å²) in [6.45, 7) is 5.99. The van der Waals surface area contributed by atoms with Gasteiger partial charge in [-0.2, -0.15) is 0 Å². The normalized spacial score (nSPS) is 20.4. The number of amides is 1. The second-order valence-electron chi connectivity index (χ2n) is 5.53. The lowest BCUT2D eigenvalue weighted by atomic mass is 9.92. The van der Waals surface area contributed by atoms with E-state index in [4.69, 9.17) is 5.73 Å². The van der Waals surface area contributed by atoms with Crippen LogP contribution in [0.1, 0.15) is 65.2 Å². The lowest BCUT2D eigenvalue weighted by molar-refractivity contribution is -0.140. The fourth-order valence-corrected chi connectivity index (χ4v) is 3.11. The Bertz CT molecular complexity index is 235. The molecule has 0 aromatic rings. The van der Waals surface area contributed by atoms with E-state index in [-0.39, 0.29) is 5.92 Å². The molecular weight excluding hydrogens is 224 g/mol. The first-order chi connectivity index (χ1) is 8.74. The molecule has 0 aliphatic carbocycles. The van der Waals surface area contributed by atoms with Gasteiger partial charge in [-0.25, -0.2) is 0 Å². The third-order valence-electron chi connectivity index (χ3n) is 4.03. The number of nitrogens with zero attached hydrogens (tertiary/aromatic N) is 1. The fourth-order valence-electron chi connectivity index (χ4n) is 3.11. The van der Waals surface area contributed by atoms with Crippen molar-refractivity contribution in [1.82, 2.24) is 4.90 Å². The molecule has 0 saturated carbocycles. The van der Waals surface area contributed by atoms with Crippen molar-refractivity contribution in [2.24, 2.45) is 11.7 Å². The number of rotatable bonds is 7. The van der Waals surface area contributed by atoms with Gasteiger partial charge in [0.05, 0.1) is 0 Å². The van der Waals surface area contributed by atoms with E-state index >= 15 is 0 Å². The van der Waals surface area contributed by atoms with Gasteiger partial charge in [0.1, 0.15) is 0 Å². The molecule has 1 saturated heterocycles. The van der Waals surface area contributed by atoms with Crippen molar-refractivity contribution in [1.29, 1.82) is 0 Å². The summed E-state index contributed by atoms with van der Waals surface area (Å²) in [5.41, 5.74) is 5.68. The standard InChI is InChI=1S/C15H30N2O/c1-3-7-13(8-4-2)15(18)17-12-6-5-9-14(17)10-11-16/h13-14H,3-12,16H2,1-2H3. The van der Waals surface area contributed by atoms with Crippen LogP contribution in [0, 0.1) is 5.92 Å². The van der Waals surface area contributed by atoms with Crippen molar-refractivity contribution in [2.75, 3.05) is 13.1 Å². The van der Waals surface area contributed by atoms with Crippen LogP contribution in [0.15, 0.2) is 0 Å². The summed E-state index contributed by atoms with van der Waals surface area (Å²) in [5.74, 6) is 0.648. The molecule has 0 bridgehead atoms. The molecule has 0 aromatic carbocycles. The first-order valence-electron chi connectivity index (χ1n) is 7.75. The predicted molar refractivity (Wildman–Crippen MR) is 76.3 cm³/mol. The van der Waals surface area contributed by atoms with Crippen LogP contribution in [0.25, 0.3) is 0 Å². The Labute approximate surface area is 112 Å². The highest BCUT2D eigenvalue weighted by Crippen LogP contribution is 2.24. The van der Waals surface area contributed by atoms with Crippen molar-refractivity contribution in [3.63, 3.8) is 0 Å². The average molecular weight is 254 g/mol. The van der Waals surface area contributed by atoms with Gasteiger partial charge in [-0.05, 0) is 45.1 Å². The maximum absolute atomic E-state index is 12.6. The zero-order chi connectivity index (χ0) is 13.4. The average Bonchev–Trinajstić information content (AvgIpc) is 2.39. The Morgan fingerprint density at radius 2 is 1.94 bits per heavy atom. The minimum atomic E-state index is 0.248. The SMILES string of the molecule is CCCC(CCC)C(=O)N1CCCCC1CCN. The Morgan fingerprint density at radius 3 is 2.50 bits per heavy atom. The van der Waals surface area contributed by atoms with Gasteiger partial charge in [0.2, 0.25) is 5.91 Å². The number of carbonyl (C=O) groups is 1. The molecule has 3 heteroatoms.